The molecular formula is C20H32BN5O5. The van der Waals surface area contributed by atoms with E-state index >= 15 is 0 Å². The van der Waals surface area contributed by atoms with E-state index in [4.69, 9.17) is 13.6 Å². The third-order valence-corrected chi connectivity index (χ3v) is 3.85. The first-order chi connectivity index (χ1) is 14.6. The van der Waals surface area contributed by atoms with Crippen LogP contribution in [0.4, 0.5) is 15.3 Å². The molecule has 10 nitrogen and oxygen atoms in total. The normalized spacial score (nSPS) is 10.9. The Bertz CT molecular complexity index is 712. The first-order valence-corrected chi connectivity index (χ1v) is 9.89. The van der Waals surface area contributed by atoms with Gasteiger partial charge in [0.15, 0.2) is 0 Å². The maximum absolute atomic E-state index is 11.9. The van der Waals surface area contributed by atoms with Crippen LogP contribution >= 0.6 is 0 Å². The van der Waals surface area contributed by atoms with Gasteiger partial charge in [-0.2, -0.15) is 0 Å². The molecule has 1 aromatic carbocycles. The van der Waals surface area contributed by atoms with Crippen molar-refractivity contribution in [2.45, 2.75) is 39.8 Å². The zero-order valence-corrected chi connectivity index (χ0v) is 18.5. The summed E-state index contributed by atoms with van der Waals surface area (Å²) in [5.74, 6) is -1.28. The number of benzene rings is 1. The third kappa shape index (κ3) is 13.7. The summed E-state index contributed by atoms with van der Waals surface area (Å²) in [5.41, 5.74) is 6.05. The highest BCUT2D eigenvalue weighted by molar-refractivity contribution is 6.55. The van der Waals surface area contributed by atoms with Gasteiger partial charge in [0.2, 0.25) is 25.5 Å². The van der Waals surface area contributed by atoms with Gasteiger partial charge < -0.3 is 31.7 Å². The summed E-state index contributed by atoms with van der Waals surface area (Å²) in [7, 11) is 6.59. The lowest BCUT2D eigenvalue weighted by Gasteiger charge is -2.19. The average Bonchev–Trinajstić information content (AvgIpc) is 2.71. The van der Waals surface area contributed by atoms with Crippen LogP contribution in [-0.2, 0) is 20.9 Å². The van der Waals surface area contributed by atoms with E-state index in [0.717, 1.165) is 12.0 Å². The van der Waals surface area contributed by atoms with E-state index in [9.17, 15) is 19.2 Å². The number of primary amides is 1. The predicted octanol–water partition coefficient (Wildman–Crippen LogP) is 0.855. The molecule has 170 valence electrons. The van der Waals surface area contributed by atoms with Crippen LogP contribution in [0.3, 0.4) is 0 Å². The van der Waals surface area contributed by atoms with E-state index < -0.39 is 11.9 Å². The van der Waals surface area contributed by atoms with Crippen molar-refractivity contribution in [3.05, 3.63) is 29.8 Å². The van der Waals surface area contributed by atoms with Crippen LogP contribution in [0.1, 0.15) is 32.8 Å². The highest BCUT2D eigenvalue weighted by Gasteiger charge is 2.20. The topological polar surface area (TPSA) is 152 Å². The number of rotatable bonds is 10. The molecule has 0 bridgehead atoms. The Labute approximate surface area is 184 Å². The van der Waals surface area contributed by atoms with Crippen LogP contribution in [-0.4, -0.2) is 57.7 Å². The minimum absolute atomic E-state index is 0.0697. The van der Waals surface area contributed by atoms with Crippen molar-refractivity contribution >= 4 is 37.2 Å². The molecule has 11 heteroatoms. The van der Waals surface area contributed by atoms with Gasteiger partial charge in [0.1, 0.15) is 6.61 Å². The quantitative estimate of drug-likeness (QED) is 0.345. The number of anilines is 1. The molecule has 0 spiro atoms. The van der Waals surface area contributed by atoms with Crippen LogP contribution in [0.2, 0.25) is 0 Å². The van der Waals surface area contributed by atoms with Gasteiger partial charge in [-0.05, 0) is 37.1 Å². The van der Waals surface area contributed by atoms with Crippen molar-refractivity contribution in [1.29, 1.82) is 0 Å². The molecular weight excluding hydrogens is 401 g/mol. The molecule has 1 unspecified atom stereocenters. The van der Waals surface area contributed by atoms with Gasteiger partial charge in [-0.3, -0.25) is 14.4 Å². The van der Waals surface area contributed by atoms with Gasteiger partial charge in [-0.25, -0.2) is 4.79 Å². The number of carbonyl (C=O) groups excluding carboxylic acids is 4. The Hall–Kier alpha value is -3.08. The predicted molar refractivity (Wildman–Crippen MR) is 120 cm³/mol. The van der Waals surface area contributed by atoms with Crippen LogP contribution in [0, 0.1) is 5.92 Å². The minimum Gasteiger partial charge on any atom is -0.470 e. The zero-order valence-electron chi connectivity index (χ0n) is 18.5. The first-order valence-electron chi connectivity index (χ1n) is 9.89. The van der Waals surface area contributed by atoms with E-state index in [1.807, 2.05) is 20.8 Å². The van der Waals surface area contributed by atoms with Crippen LogP contribution in [0.5, 0.6) is 0 Å². The lowest BCUT2D eigenvalue weighted by atomic mass is 10.0. The van der Waals surface area contributed by atoms with Crippen molar-refractivity contribution < 1.29 is 23.9 Å². The second kappa shape index (κ2) is 15.7. The molecule has 2 radical (unpaired) electrons. The monoisotopic (exact) mass is 433 g/mol. The summed E-state index contributed by atoms with van der Waals surface area (Å²) in [4.78, 5) is 44.2. The van der Waals surface area contributed by atoms with E-state index in [0.29, 0.717) is 12.2 Å². The molecule has 0 aliphatic rings. The summed E-state index contributed by atoms with van der Waals surface area (Å²) in [6.07, 6.45) is 0.933. The number of urea groups is 1. The van der Waals surface area contributed by atoms with Crippen LogP contribution < -0.4 is 27.0 Å². The smallest absolute Gasteiger partial charge is 0.312 e. The Morgan fingerprint density at radius 3 is 2.13 bits per heavy atom. The van der Waals surface area contributed by atoms with Crippen LogP contribution in [0.15, 0.2) is 24.3 Å². The van der Waals surface area contributed by atoms with E-state index in [-0.39, 0.29) is 36.9 Å². The van der Waals surface area contributed by atoms with Crippen LogP contribution in [0.25, 0.3) is 0 Å². The maximum atomic E-state index is 11.9. The Morgan fingerprint density at radius 1 is 1.10 bits per heavy atom. The highest BCUT2D eigenvalue weighted by Crippen LogP contribution is 2.10. The molecule has 0 saturated heterocycles. The second-order valence-electron chi connectivity index (χ2n) is 6.87. The molecule has 0 heterocycles. The molecule has 1 aromatic rings. The first kappa shape index (κ1) is 27.9. The number of nitrogens with two attached hydrogens (primary N) is 1. The van der Waals surface area contributed by atoms with Gasteiger partial charge in [0.25, 0.3) is 0 Å². The molecule has 1 rings (SSSR count). The molecule has 0 aliphatic heterocycles. The molecule has 0 aromatic heterocycles. The molecule has 0 saturated carbocycles. The molecule has 0 aliphatic carbocycles. The number of carbonyl (C=O) groups is 4. The third-order valence-electron chi connectivity index (χ3n) is 3.85. The van der Waals surface area contributed by atoms with Gasteiger partial charge in [-0.1, -0.05) is 32.9 Å². The molecule has 6 N–H and O–H groups in total. The van der Waals surface area contributed by atoms with Gasteiger partial charge >= 0.3 is 6.03 Å². The van der Waals surface area contributed by atoms with E-state index in [1.54, 1.807) is 31.3 Å². The molecule has 1 atom stereocenters. The number of likely N-dealkylation sites (N-methyl/N-ethyl adjacent to an activating group) is 1. The van der Waals surface area contributed by atoms with Crippen molar-refractivity contribution in [2.24, 2.45) is 11.7 Å². The largest absolute Gasteiger partial charge is 0.470 e. The van der Waals surface area contributed by atoms with Gasteiger partial charge in [-0.15, -0.1) is 0 Å². The number of amides is 4. The molecule has 4 amide bonds. The Balaban J connectivity index is 0.00000110. The summed E-state index contributed by atoms with van der Waals surface area (Å²) in [5, 5.41) is 10.6. The van der Waals surface area contributed by atoms with E-state index in [2.05, 4.69) is 26.0 Å². The summed E-state index contributed by atoms with van der Waals surface area (Å²) in [6.45, 7) is 6.44. The molecule has 0 fully saturated rings. The second-order valence-corrected chi connectivity index (χ2v) is 6.87. The standard InChI is InChI=1S/C16H22BN3O4.C4H10N2O/c1-10(2)14(18-3)15(22)19-8-13(21)20-12-6-4-11(5-7-12)9-24-16(17)23;1-2-3-6-4(5)7/h4-7,10,14,18H,8-9H2,1-3H3,(H,19,22)(H,20,21);2-3H2,1H3,(H3,5,6,7). The van der Waals surface area contributed by atoms with Crippen molar-refractivity contribution in [1.82, 2.24) is 16.0 Å². The fourth-order valence-electron chi connectivity index (χ4n) is 2.34. The SMILES string of the molecule is CCCNC(N)=O.[B]C(=O)OCc1ccc(NC(=O)CNC(=O)C(NC)C(C)C)cc1. The number of hydrogen-bond donors (Lipinski definition) is 5. The zero-order chi connectivity index (χ0) is 23.8. The van der Waals surface area contributed by atoms with E-state index in [1.165, 1.54) is 0 Å². The fraction of sp³-hybridized carbons (Fsp3) is 0.500. The fourth-order valence-corrected chi connectivity index (χ4v) is 2.34. The Morgan fingerprint density at radius 2 is 1.71 bits per heavy atom. The molecule has 31 heavy (non-hydrogen) atoms. The summed E-state index contributed by atoms with van der Waals surface area (Å²) < 4.78 is 4.66. The van der Waals surface area contributed by atoms with Gasteiger partial charge in [0, 0.05) is 12.2 Å². The van der Waals surface area contributed by atoms with Crippen molar-refractivity contribution in [3.8, 4) is 0 Å². The van der Waals surface area contributed by atoms with Crippen molar-refractivity contribution in [3.63, 3.8) is 0 Å². The highest BCUT2D eigenvalue weighted by atomic mass is 16.5. The summed E-state index contributed by atoms with van der Waals surface area (Å²) >= 11 is 0. The minimum atomic E-state index is -0.843. The summed E-state index contributed by atoms with van der Waals surface area (Å²) in [6, 6.07) is 5.96. The lowest BCUT2D eigenvalue weighted by Crippen LogP contribution is -2.47. The van der Waals surface area contributed by atoms with Gasteiger partial charge in [0.05, 0.1) is 12.6 Å². The Kier molecular flexibility index (Phi) is 14.2. The van der Waals surface area contributed by atoms with Crippen molar-refractivity contribution in [2.75, 3.05) is 25.5 Å². The maximum Gasteiger partial charge on any atom is 0.312 e. The average molecular weight is 433 g/mol. The number of ether oxygens (including phenoxy) is 1. The lowest BCUT2D eigenvalue weighted by molar-refractivity contribution is -0.126. The number of nitrogens with one attached hydrogen (secondary N) is 4. The number of hydrogen-bond acceptors (Lipinski definition) is 6.